The number of aliphatic carboxylic acids is 1. The van der Waals surface area contributed by atoms with Crippen LogP contribution in [0, 0.1) is 0 Å². The Morgan fingerprint density at radius 3 is 1.59 bits per heavy atom. The number of nitrogens with one attached hydrogen (secondary N) is 2. The molecule has 3 rings (SSSR count). The van der Waals surface area contributed by atoms with Gasteiger partial charge in [0.05, 0.1) is 21.2 Å². The first-order valence-corrected chi connectivity index (χ1v) is 11.2. The summed E-state index contributed by atoms with van der Waals surface area (Å²) in [5.41, 5.74) is 3.86. The summed E-state index contributed by atoms with van der Waals surface area (Å²) >= 11 is 12.0. The van der Waals surface area contributed by atoms with E-state index in [9.17, 15) is 29.1 Å². The number of hydrogen-bond donors (Lipinski definition) is 3. The van der Waals surface area contributed by atoms with Crippen LogP contribution in [-0.4, -0.2) is 47.0 Å². The fraction of sp³-hybridized carbons (Fsp3) is 0.0800. The van der Waals surface area contributed by atoms with Gasteiger partial charge in [-0.3, -0.25) is 20.4 Å². The molecule has 0 heterocycles. The predicted octanol–water partition coefficient (Wildman–Crippen LogP) is 3.29. The zero-order chi connectivity index (χ0) is 26.9. The highest BCUT2D eigenvalue weighted by Crippen LogP contribution is 2.20. The van der Waals surface area contributed by atoms with Crippen molar-refractivity contribution >= 4 is 52.9 Å². The molecule has 0 saturated heterocycles. The van der Waals surface area contributed by atoms with Crippen LogP contribution < -0.4 is 10.9 Å². The van der Waals surface area contributed by atoms with E-state index < -0.39 is 41.9 Å². The summed E-state index contributed by atoms with van der Waals surface area (Å²) in [6, 6.07) is 19.0. The van der Waals surface area contributed by atoms with Crippen molar-refractivity contribution in [3.05, 3.63) is 106 Å². The maximum atomic E-state index is 12.9. The quantitative estimate of drug-likeness (QED) is 0.289. The van der Waals surface area contributed by atoms with Crippen molar-refractivity contribution in [1.82, 2.24) is 10.9 Å². The average Bonchev–Trinajstić information content (AvgIpc) is 2.89. The number of halogens is 2. The lowest BCUT2D eigenvalue weighted by molar-refractivity contribution is -0.159. The second-order valence-electron chi connectivity index (χ2n) is 7.26. The number of esters is 2. The number of hydrazine groups is 1. The molecule has 12 heteroatoms. The van der Waals surface area contributed by atoms with Crippen LogP contribution in [-0.2, 0) is 19.1 Å². The highest BCUT2D eigenvalue weighted by Gasteiger charge is 2.41. The molecule has 0 radical (unpaired) electrons. The lowest BCUT2D eigenvalue weighted by Crippen LogP contribution is -2.54. The van der Waals surface area contributed by atoms with E-state index in [0.29, 0.717) is 0 Å². The fourth-order valence-electron chi connectivity index (χ4n) is 2.96. The number of ether oxygens (including phenoxy) is 2. The third-order valence-corrected chi connectivity index (χ3v) is 5.43. The fourth-order valence-corrected chi connectivity index (χ4v) is 3.38. The largest absolute Gasteiger partial charge is 0.478 e. The van der Waals surface area contributed by atoms with Gasteiger partial charge in [0.1, 0.15) is 0 Å². The van der Waals surface area contributed by atoms with Crippen molar-refractivity contribution in [3.63, 3.8) is 0 Å². The summed E-state index contributed by atoms with van der Waals surface area (Å²) < 4.78 is 10.1. The Morgan fingerprint density at radius 1 is 0.649 bits per heavy atom. The van der Waals surface area contributed by atoms with E-state index in [1.807, 2.05) is 5.43 Å². The molecule has 2 amide bonds. The van der Waals surface area contributed by atoms with Gasteiger partial charge in [-0.2, -0.15) is 0 Å². The summed E-state index contributed by atoms with van der Waals surface area (Å²) in [6.45, 7) is 0. The highest BCUT2D eigenvalue weighted by atomic mass is 35.5. The van der Waals surface area contributed by atoms with Gasteiger partial charge >= 0.3 is 17.9 Å². The van der Waals surface area contributed by atoms with Gasteiger partial charge in [-0.15, -0.1) is 0 Å². The molecule has 0 aromatic heterocycles. The van der Waals surface area contributed by atoms with E-state index in [1.54, 1.807) is 18.2 Å². The molecule has 0 aliphatic rings. The van der Waals surface area contributed by atoms with Crippen LogP contribution in [0.5, 0.6) is 0 Å². The predicted molar refractivity (Wildman–Crippen MR) is 131 cm³/mol. The summed E-state index contributed by atoms with van der Waals surface area (Å²) in [6.07, 6.45) is -4.58. The number of hydrogen-bond acceptors (Lipinski definition) is 7. The molecule has 0 bridgehead atoms. The van der Waals surface area contributed by atoms with Crippen LogP contribution in [0.15, 0.2) is 78.9 Å². The van der Waals surface area contributed by atoms with Gasteiger partial charge in [0.2, 0.25) is 12.2 Å². The van der Waals surface area contributed by atoms with E-state index >= 15 is 0 Å². The SMILES string of the molecule is O=C(NNC(=O)[C@@H](OC(=O)c1ccccc1Cl)[C@@H](OC(=O)c1ccccc1Cl)C(=O)O)c1ccccc1. The third-order valence-electron chi connectivity index (χ3n) is 4.77. The summed E-state index contributed by atoms with van der Waals surface area (Å²) in [7, 11) is 0. The van der Waals surface area contributed by atoms with Crippen molar-refractivity contribution in [1.29, 1.82) is 0 Å². The summed E-state index contributed by atoms with van der Waals surface area (Å²) in [5.74, 6) is -6.24. The zero-order valence-electron chi connectivity index (χ0n) is 18.7. The van der Waals surface area contributed by atoms with Gasteiger partial charge in [0.15, 0.2) is 0 Å². The van der Waals surface area contributed by atoms with Gasteiger partial charge in [0, 0.05) is 5.56 Å². The molecule has 0 fully saturated rings. The number of carboxylic acids is 1. The number of amides is 2. The lowest BCUT2D eigenvalue weighted by Gasteiger charge is -2.24. The Morgan fingerprint density at radius 2 is 1.11 bits per heavy atom. The Kier molecular flexibility index (Phi) is 9.20. The normalized spacial score (nSPS) is 11.9. The molecule has 0 saturated carbocycles. The van der Waals surface area contributed by atoms with Crippen LogP contribution in [0.4, 0.5) is 0 Å². The van der Waals surface area contributed by atoms with E-state index in [2.05, 4.69) is 5.43 Å². The van der Waals surface area contributed by atoms with Crippen molar-refractivity contribution in [2.45, 2.75) is 12.2 Å². The van der Waals surface area contributed by atoms with E-state index in [1.165, 1.54) is 60.7 Å². The van der Waals surface area contributed by atoms with Gasteiger partial charge in [-0.05, 0) is 36.4 Å². The third kappa shape index (κ3) is 7.06. The van der Waals surface area contributed by atoms with Crippen LogP contribution >= 0.6 is 23.2 Å². The Hall–Kier alpha value is -4.41. The van der Waals surface area contributed by atoms with E-state index in [4.69, 9.17) is 32.7 Å². The van der Waals surface area contributed by atoms with Crippen molar-refractivity contribution < 1.29 is 38.6 Å². The number of rotatable bonds is 8. The molecular formula is C25H18Cl2N2O8. The minimum absolute atomic E-state index is 0.0380. The minimum atomic E-state index is -2.33. The van der Waals surface area contributed by atoms with Crippen LogP contribution in [0.3, 0.4) is 0 Å². The number of carboxylic acid groups (broad SMARTS) is 1. The van der Waals surface area contributed by atoms with Gasteiger partial charge in [-0.1, -0.05) is 65.7 Å². The number of benzene rings is 3. The zero-order valence-corrected chi connectivity index (χ0v) is 20.2. The molecule has 3 aromatic carbocycles. The maximum Gasteiger partial charge on any atom is 0.349 e. The molecule has 3 aromatic rings. The molecule has 0 aliphatic heterocycles. The molecule has 190 valence electrons. The maximum absolute atomic E-state index is 12.9. The Bertz CT molecular complexity index is 1330. The smallest absolute Gasteiger partial charge is 0.349 e. The standard InChI is InChI=1S/C25H18Cl2N2O8/c26-17-12-6-4-10-15(17)24(34)36-19(22(31)29-28-21(30)14-8-2-1-3-9-14)20(23(32)33)37-25(35)16-11-5-7-13-18(16)27/h1-13,19-20H,(H,28,30)(H,29,31)(H,32,33)/t19-,20+/m0/s1. The van der Waals surface area contributed by atoms with Crippen LogP contribution in [0.1, 0.15) is 31.1 Å². The minimum Gasteiger partial charge on any atom is -0.478 e. The molecular weight excluding hydrogens is 527 g/mol. The molecule has 0 unspecified atom stereocenters. The number of carbonyl (C=O) groups is 5. The topological polar surface area (TPSA) is 148 Å². The van der Waals surface area contributed by atoms with E-state index in [0.717, 1.165) is 0 Å². The lowest BCUT2D eigenvalue weighted by atomic mass is 10.1. The summed E-state index contributed by atoms with van der Waals surface area (Å²) in [5, 5.41) is 9.68. The van der Waals surface area contributed by atoms with Crippen molar-refractivity contribution in [3.8, 4) is 0 Å². The van der Waals surface area contributed by atoms with Crippen LogP contribution in [0.2, 0.25) is 10.0 Å². The molecule has 0 spiro atoms. The van der Waals surface area contributed by atoms with Crippen LogP contribution in [0.25, 0.3) is 0 Å². The monoisotopic (exact) mass is 544 g/mol. The average molecular weight is 545 g/mol. The van der Waals surface area contributed by atoms with Crippen molar-refractivity contribution in [2.75, 3.05) is 0 Å². The Labute approximate surface area is 220 Å². The summed E-state index contributed by atoms with van der Waals surface area (Å²) in [4.78, 5) is 62.7. The molecule has 37 heavy (non-hydrogen) atoms. The van der Waals surface area contributed by atoms with E-state index in [-0.39, 0.29) is 26.7 Å². The second-order valence-corrected chi connectivity index (χ2v) is 8.07. The van der Waals surface area contributed by atoms with Crippen molar-refractivity contribution in [2.24, 2.45) is 0 Å². The first-order chi connectivity index (χ1) is 17.7. The molecule has 0 aliphatic carbocycles. The highest BCUT2D eigenvalue weighted by molar-refractivity contribution is 6.34. The molecule has 10 nitrogen and oxygen atoms in total. The van der Waals surface area contributed by atoms with Gasteiger partial charge < -0.3 is 14.6 Å². The first kappa shape index (κ1) is 27.2. The molecule has 3 N–H and O–H groups in total. The Balaban J connectivity index is 1.87. The second kappa shape index (κ2) is 12.5. The van der Waals surface area contributed by atoms with Gasteiger partial charge in [-0.25, -0.2) is 14.4 Å². The molecule has 2 atom stereocenters. The van der Waals surface area contributed by atoms with Gasteiger partial charge in [0.25, 0.3) is 11.8 Å². The number of carbonyl (C=O) groups excluding carboxylic acids is 4. The first-order valence-electron chi connectivity index (χ1n) is 10.5.